The summed E-state index contributed by atoms with van der Waals surface area (Å²) < 4.78 is 25.8. The number of hydrogen-bond acceptors (Lipinski definition) is 3. The number of carbonyl (C=O) groups is 1. The Morgan fingerprint density at radius 1 is 0.962 bits per heavy atom. The quantitative estimate of drug-likeness (QED) is 0.817. The first kappa shape index (κ1) is 16.8. The molecule has 4 bridgehead atoms. The predicted molar refractivity (Wildman–Crippen MR) is 99.2 cm³/mol. The second kappa shape index (κ2) is 5.82. The Morgan fingerprint density at radius 3 is 2.12 bits per heavy atom. The Morgan fingerprint density at radius 2 is 1.54 bits per heavy atom. The summed E-state index contributed by atoms with van der Waals surface area (Å²) in [6.45, 7) is 0.967. The van der Waals surface area contributed by atoms with E-state index in [4.69, 9.17) is 0 Å². The third-order valence-corrected chi connectivity index (χ3v) is 9.63. The molecule has 140 valence electrons. The van der Waals surface area contributed by atoms with Gasteiger partial charge in [0.25, 0.3) is 0 Å². The summed E-state index contributed by atoms with van der Waals surface area (Å²) in [6.07, 6.45) is 7.65. The number of nitrogens with zero attached hydrogens (tertiary/aromatic N) is 1. The number of sulfone groups is 1. The van der Waals surface area contributed by atoms with E-state index in [9.17, 15) is 13.2 Å². The molecule has 5 heteroatoms. The molecule has 6 rings (SSSR count). The molecule has 5 fully saturated rings. The zero-order chi connectivity index (χ0) is 17.9. The van der Waals surface area contributed by atoms with E-state index >= 15 is 0 Å². The lowest BCUT2D eigenvalue weighted by atomic mass is 9.49. The molecule has 1 amide bonds. The van der Waals surface area contributed by atoms with Crippen LogP contribution in [0.25, 0.3) is 0 Å². The maximum absolute atomic E-state index is 13.4. The van der Waals surface area contributed by atoms with Gasteiger partial charge in [0, 0.05) is 13.1 Å². The SMILES string of the molecule is O=C(N1CC[C@@H](S(=O)(=O)c2ccccc2)C1)C12CC3CC(CC(C3)C1)C2. The molecule has 26 heavy (non-hydrogen) atoms. The van der Waals surface area contributed by atoms with Gasteiger partial charge in [0.05, 0.1) is 15.6 Å². The fraction of sp³-hybridized carbons (Fsp3) is 0.667. The van der Waals surface area contributed by atoms with Gasteiger partial charge < -0.3 is 4.90 Å². The van der Waals surface area contributed by atoms with Crippen molar-refractivity contribution in [2.45, 2.75) is 55.1 Å². The van der Waals surface area contributed by atoms with Gasteiger partial charge in [-0.05, 0) is 74.8 Å². The lowest BCUT2D eigenvalue weighted by molar-refractivity contribution is -0.156. The molecule has 0 aromatic heterocycles. The zero-order valence-electron chi connectivity index (χ0n) is 15.1. The average Bonchev–Trinajstić information content (AvgIpc) is 3.11. The van der Waals surface area contributed by atoms with Crippen LogP contribution in [0.15, 0.2) is 35.2 Å². The van der Waals surface area contributed by atoms with Crippen molar-refractivity contribution >= 4 is 15.7 Å². The van der Waals surface area contributed by atoms with Gasteiger partial charge in [-0.15, -0.1) is 0 Å². The highest BCUT2D eigenvalue weighted by molar-refractivity contribution is 7.92. The number of benzene rings is 1. The molecule has 0 N–H and O–H groups in total. The van der Waals surface area contributed by atoms with Gasteiger partial charge in [0.2, 0.25) is 5.91 Å². The molecule has 1 aromatic carbocycles. The first-order valence-electron chi connectivity index (χ1n) is 10.0. The fourth-order valence-electron chi connectivity index (χ4n) is 6.68. The highest BCUT2D eigenvalue weighted by Crippen LogP contribution is 2.60. The van der Waals surface area contributed by atoms with Crippen molar-refractivity contribution in [3.8, 4) is 0 Å². The van der Waals surface area contributed by atoms with Gasteiger partial charge in [-0.2, -0.15) is 0 Å². The van der Waals surface area contributed by atoms with Crippen LogP contribution in [0, 0.1) is 23.2 Å². The number of hydrogen-bond donors (Lipinski definition) is 0. The number of rotatable bonds is 3. The van der Waals surface area contributed by atoms with Crippen molar-refractivity contribution in [1.29, 1.82) is 0 Å². The average molecular weight is 374 g/mol. The van der Waals surface area contributed by atoms with Gasteiger partial charge in [0.15, 0.2) is 9.84 Å². The maximum atomic E-state index is 13.4. The first-order chi connectivity index (χ1) is 12.5. The number of likely N-dealkylation sites (tertiary alicyclic amines) is 1. The van der Waals surface area contributed by atoms with Gasteiger partial charge >= 0.3 is 0 Å². The molecular formula is C21H27NO3S. The maximum Gasteiger partial charge on any atom is 0.228 e. The molecule has 4 saturated carbocycles. The molecule has 4 nitrogen and oxygen atoms in total. The van der Waals surface area contributed by atoms with Gasteiger partial charge in [-0.1, -0.05) is 18.2 Å². The van der Waals surface area contributed by atoms with E-state index in [1.165, 1.54) is 19.3 Å². The van der Waals surface area contributed by atoms with Crippen LogP contribution in [-0.2, 0) is 14.6 Å². The molecule has 1 saturated heterocycles. The smallest absolute Gasteiger partial charge is 0.228 e. The van der Waals surface area contributed by atoms with Gasteiger partial charge in [-0.3, -0.25) is 4.79 Å². The monoisotopic (exact) mass is 373 g/mol. The van der Waals surface area contributed by atoms with Crippen molar-refractivity contribution in [2.24, 2.45) is 23.2 Å². The van der Waals surface area contributed by atoms with Gasteiger partial charge in [0.1, 0.15) is 0 Å². The Labute approximate surface area is 155 Å². The van der Waals surface area contributed by atoms with E-state index in [2.05, 4.69) is 0 Å². The van der Waals surface area contributed by atoms with E-state index in [1.54, 1.807) is 24.3 Å². The van der Waals surface area contributed by atoms with Crippen LogP contribution in [0.4, 0.5) is 0 Å². The summed E-state index contributed by atoms with van der Waals surface area (Å²) in [7, 11) is -3.36. The van der Waals surface area contributed by atoms with Crippen LogP contribution >= 0.6 is 0 Å². The molecule has 0 unspecified atom stereocenters. The molecule has 1 aliphatic heterocycles. The predicted octanol–water partition coefficient (Wildman–Crippen LogP) is 3.28. The standard InChI is InChI=1S/C21H27NO3S/c23-20(21-11-15-8-16(12-21)10-17(9-15)13-21)22-7-6-19(14-22)26(24,25)18-4-2-1-3-5-18/h1-5,15-17,19H,6-14H2/t15?,16?,17?,19-,21?/m1/s1. The van der Waals surface area contributed by atoms with Gasteiger partial charge in [-0.25, -0.2) is 8.42 Å². The number of amides is 1. The van der Waals surface area contributed by atoms with E-state index in [0.29, 0.717) is 24.4 Å². The number of carbonyl (C=O) groups excluding carboxylic acids is 1. The van der Waals surface area contributed by atoms with E-state index in [1.807, 2.05) is 11.0 Å². The minimum absolute atomic E-state index is 0.167. The third-order valence-electron chi connectivity index (χ3n) is 7.43. The van der Waals surface area contributed by atoms with Crippen LogP contribution in [-0.4, -0.2) is 37.6 Å². The lowest BCUT2D eigenvalue weighted by Crippen LogP contribution is -2.54. The molecule has 1 heterocycles. The summed E-state index contributed by atoms with van der Waals surface area (Å²) in [5.41, 5.74) is -0.167. The van der Waals surface area contributed by atoms with Crippen LogP contribution in [0.2, 0.25) is 0 Å². The largest absolute Gasteiger partial charge is 0.341 e. The second-order valence-electron chi connectivity index (χ2n) is 9.22. The van der Waals surface area contributed by atoms with E-state index in [-0.39, 0.29) is 11.3 Å². The highest BCUT2D eigenvalue weighted by Gasteiger charge is 2.56. The molecule has 0 radical (unpaired) electrons. The van der Waals surface area contributed by atoms with Crippen molar-refractivity contribution in [2.75, 3.05) is 13.1 Å². The molecule has 4 aliphatic carbocycles. The molecule has 5 aliphatic rings. The summed E-state index contributed by atoms with van der Waals surface area (Å²) in [4.78, 5) is 15.7. The molecular weight excluding hydrogens is 346 g/mol. The van der Waals surface area contributed by atoms with Crippen molar-refractivity contribution in [1.82, 2.24) is 4.90 Å². The summed E-state index contributed by atoms with van der Waals surface area (Å²) in [6, 6.07) is 8.69. The van der Waals surface area contributed by atoms with Crippen molar-refractivity contribution in [3.05, 3.63) is 30.3 Å². The van der Waals surface area contributed by atoms with E-state index < -0.39 is 15.1 Å². The Kier molecular flexibility index (Phi) is 3.76. The Bertz CT molecular complexity index is 782. The molecule has 1 aromatic rings. The summed E-state index contributed by atoms with van der Waals surface area (Å²) >= 11 is 0. The van der Waals surface area contributed by atoms with Crippen LogP contribution < -0.4 is 0 Å². The van der Waals surface area contributed by atoms with E-state index in [0.717, 1.165) is 37.0 Å². The second-order valence-corrected chi connectivity index (χ2v) is 11.4. The van der Waals surface area contributed by atoms with Crippen LogP contribution in [0.3, 0.4) is 0 Å². The third kappa shape index (κ3) is 2.54. The molecule has 1 atom stereocenters. The Balaban J connectivity index is 1.34. The minimum atomic E-state index is -3.36. The minimum Gasteiger partial charge on any atom is -0.341 e. The summed E-state index contributed by atoms with van der Waals surface area (Å²) in [5, 5.41) is -0.456. The highest BCUT2D eigenvalue weighted by atomic mass is 32.2. The first-order valence-corrected chi connectivity index (χ1v) is 11.6. The van der Waals surface area contributed by atoms with Crippen LogP contribution in [0.5, 0.6) is 0 Å². The Hall–Kier alpha value is -1.36. The fourth-order valence-corrected chi connectivity index (χ4v) is 8.39. The zero-order valence-corrected chi connectivity index (χ0v) is 16.0. The van der Waals surface area contributed by atoms with Crippen molar-refractivity contribution in [3.63, 3.8) is 0 Å². The topological polar surface area (TPSA) is 54.5 Å². The van der Waals surface area contributed by atoms with Crippen molar-refractivity contribution < 1.29 is 13.2 Å². The van der Waals surface area contributed by atoms with Crippen LogP contribution in [0.1, 0.15) is 44.9 Å². The molecule has 0 spiro atoms. The lowest BCUT2D eigenvalue weighted by Gasteiger charge is -2.56. The summed E-state index contributed by atoms with van der Waals surface area (Å²) in [5.74, 6) is 2.47. The normalized spacial score (nSPS) is 38.7.